The van der Waals surface area contributed by atoms with Gasteiger partial charge < -0.3 is 15.4 Å². The summed E-state index contributed by atoms with van der Waals surface area (Å²) in [5.74, 6) is -1.72. The van der Waals surface area contributed by atoms with Gasteiger partial charge in [-0.05, 0) is 58.6 Å². The van der Waals surface area contributed by atoms with Gasteiger partial charge in [0, 0.05) is 23.8 Å². The molecule has 2 unspecified atom stereocenters. The lowest BCUT2D eigenvalue weighted by Gasteiger charge is -2.31. The number of benzene rings is 1. The molecule has 2 atom stereocenters. The van der Waals surface area contributed by atoms with E-state index in [1.54, 1.807) is 0 Å². The number of carbonyl (C=O) groups excluding carboxylic acids is 1. The highest BCUT2D eigenvalue weighted by atomic mass is 19.2. The average Bonchev–Trinajstić information content (AvgIpc) is 2.41. The summed E-state index contributed by atoms with van der Waals surface area (Å²) in [6.07, 6.45) is 3.05. The number of anilines is 1. The largest absolute Gasteiger partial charge is 0.444 e. The van der Waals surface area contributed by atoms with Crippen LogP contribution in [0.15, 0.2) is 18.2 Å². The molecule has 0 radical (unpaired) electrons. The number of rotatable bonds is 3. The Bertz CT molecular complexity index is 558. The molecule has 128 valence electrons. The molecule has 1 amide bonds. The fraction of sp³-hybridized carbons (Fsp3) is 0.588. The lowest BCUT2D eigenvalue weighted by molar-refractivity contribution is 0.0492. The van der Waals surface area contributed by atoms with Gasteiger partial charge in [-0.3, -0.25) is 0 Å². The van der Waals surface area contributed by atoms with E-state index in [-0.39, 0.29) is 12.1 Å². The first-order valence-electron chi connectivity index (χ1n) is 7.94. The minimum absolute atomic E-state index is 0.0152. The average molecular weight is 326 g/mol. The highest BCUT2D eigenvalue weighted by Gasteiger charge is 2.25. The van der Waals surface area contributed by atoms with Gasteiger partial charge in [0.2, 0.25) is 0 Å². The van der Waals surface area contributed by atoms with Gasteiger partial charge in [-0.25, -0.2) is 13.6 Å². The summed E-state index contributed by atoms with van der Waals surface area (Å²) in [7, 11) is 0. The van der Waals surface area contributed by atoms with Gasteiger partial charge >= 0.3 is 6.09 Å². The molecule has 1 fully saturated rings. The van der Waals surface area contributed by atoms with Crippen molar-refractivity contribution in [3.63, 3.8) is 0 Å². The molecule has 4 nitrogen and oxygen atoms in total. The van der Waals surface area contributed by atoms with E-state index in [0.717, 1.165) is 37.8 Å². The van der Waals surface area contributed by atoms with Crippen LogP contribution in [0.25, 0.3) is 0 Å². The third kappa shape index (κ3) is 5.69. The molecule has 1 aliphatic carbocycles. The number of carbonyl (C=O) groups is 1. The Hall–Kier alpha value is -1.85. The zero-order chi connectivity index (χ0) is 17.0. The molecule has 2 N–H and O–H groups in total. The van der Waals surface area contributed by atoms with E-state index in [9.17, 15) is 13.6 Å². The molecule has 1 aromatic carbocycles. The van der Waals surface area contributed by atoms with Crippen molar-refractivity contribution in [2.75, 3.05) is 5.32 Å². The molecule has 0 heterocycles. The minimum Gasteiger partial charge on any atom is -0.444 e. The number of halogens is 2. The van der Waals surface area contributed by atoms with E-state index in [4.69, 9.17) is 4.74 Å². The molecular formula is C17H24F2N2O2. The summed E-state index contributed by atoms with van der Waals surface area (Å²) >= 11 is 0. The number of alkyl carbamates (subject to hydrolysis) is 1. The summed E-state index contributed by atoms with van der Waals surface area (Å²) in [4.78, 5) is 11.8. The van der Waals surface area contributed by atoms with Crippen LogP contribution in [-0.2, 0) is 4.74 Å². The second-order valence-electron chi connectivity index (χ2n) is 6.98. The van der Waals surface area contributed by atoms with Gasteiger partial charge in [-0.1, -0.05) is 0 Å². The molecule has 0 spiro atoms. The maximum atomic E-state index is 13.3. The lowest BCUT2D eigenvalue weighted by Crippen LogP contribution is -2.43. The standard InChI is InChI=1S/C17H24F2N2O2/c1-17(2,3)23-16(22)21-12-6-4-5-11(9-12)20-13-7-8-14(18)15(19)10-13/h7-8,10-12,20H,4-6,9H2,1-3H3,(H,21,22). The fourth-order valence-electron chi connectivity index (χ4n) is 2.75. The molecule has 1 aliphatic rings. The molecule has 0 aliphatic heterocycles. The van der Waals surface area contributed by atoms with Gasteiger partial charge in [-0.15, -0.1) is 0 Å². The predicted molar refractivity (Wildman–Crippen MR) is 85.4 cm³/mol. The van der Waals surface area contributed by atoms with Crippen molar-refractivity contribution < 1.29 is 18.3 Å². The molecule has 1 saturated carbocycles. The lowest BCUT2D eigenvalue weighted by atomic mass is 9.91. The summed E-state index contributed by atoms with van der Waals surface area (Å²) < 4.78 is 31.5. The highest BCUT2D eigenvalue weighted by molar-refractivity contribution is 5.68. The van der Waals surface area contributed by atoms with Crippen LogP contribution in [0, 0.1) is 11.6 Å². The van der Waals surface area contributed by atoms with Gasteiger partial charge in [0.25, 0.3) is 0 Å². The van der Waals surface area contributed by atoms with Crippen molar-refractivity contribution in [1.82, 2.24) is 5.32 Å². The Balaban J connectivity index is 1.88. The van der Waals surface area contributed by atoms with Crippen molar-refractivity contribution in [3.05, 3.63) is 29.8 Å². The molecule has 0 saturated heterocycles. The van der Waals surface area contributed by atoms with Crippen molar-refractivity contribution in [3.8, 4) is 0 Å². The summed E-state index contributed by atoms with van der Waals surface area (Å²) in [5, 5.41) is 6.08. The summed E-state index contributed by atoms with van der Waals surface area (Å²) in [6, 6.07) is 3.90. The first kappa shape index (κ1) is 17.5. The normalized spacial score (nSPS) is 21.6. The second kappa shape index (κ2) is 7.15. The van der Waals surface area contributed by atoms with E-state index in [0.29, 0.717) is 5.69 Å². The van der Waals surface area contributed by atoms with E-state index < -0.39 is 23.3 Å². The minimum atomic E-state index is -0.866. The number of hydrogen-bond acceptors (Lipinski definition) is 3. The van der Waals surface area contributed by atoms with Gasteiger partial charge in [0.05, 0.1) is 0 Å². The van der Waals surface area contributed by atoms with Crippen molar-refractivity contribution in [2.24, 2.45) is 0 Å². The molecule has 1 aromatic rings. The molecule has 0 aromatic heterocycles. The van der Waals surface area contributed by atoms with Crippen molar-refractivity contribution in [2.45, 2.75) is 64.1 Å². The van der Waals surface area contributed by atoms with Crippen LogP contribution in [0.2, 0.25) is 0 Å². The second-order valence-corrected chi connectivity index (χ2v) is 6.98. The Morgan fingerprint density at radius 2 is 1.87 bits per heavy atom. The zero-order valence-electron chi connectivity index (χ0n) is 13.8. The maximum absolute atomic E-state index is 13.3. The predicted octanol–water partition coefficient (Wildman–Crippen LogP) is 4.21. The van der Waals surface area contributed by atoms with E-state index in [1.165, 1.54) is 6.07 Å². The van der Waals surface area contributed by atoms with Crippen LogP contribution in [0.1, 0.15) is 46.5 Å². The van der Waals surface area contributed by atoms with Crippen LogP contribution < -0.4 is 10.6 Å². The molecular weight excluding hydrogens is 302 g/mol. The molecule has 23 heavy (non-hydrogen) atoms. The molecule has 6 heteroatoms. The van der Waals surface area contributed by atoms with Crippen molar-refractivity contribution >= 4 is 11.8 Å². The first-order valence-corrected chi connectivity index (χ1v) is 7.94. The fourth-order valence-corrected chi connectivity index (χ4v) is 2.75. The Morgan fingerprint density at radius 1 is 1.17 bits per heavy atom. The first-order chi connectivity index (χ1) is 10.7. The SMILES string of the molecule is CC(C)(C)OC(=O)NC1CCCC(Nc2ccc(F)c(F)c2)C1. The third-order valence-corrected chi connectivity index (χ3v) is 3.69. The van der Waals surface area contributed by atoms with Crippen LogP contribution in [-0.4, -0.2) is 23.8 Å². The Kier molecular flexibility index (Phi) is 5.44. The quantitative estimate of drug-likeness (QED) is 0.875. The molecule has 0 bridgehead atoms. The maximum Gasteiger partial charge on any atom is 0.407 e. The monoisotopic (exact) mass is 326 g/mol. The smallest absolute Gasteiger partial charge is 0.407 e. The van der Waals surface area contributed by atoms with Crippen molar-refractivity contribution in [1.29, 1.82) is 0 Å². The highest BCUT2D eigenvalue weighted by Crippen LogP contribution is 2.23. The van der Waals surface area contributed by atoms with E-state index in [2.05, 4.69) is 10.6 Å². The van der Waals surface area contributed by atoms with Crippen LogP contribution >= 0.6 is 0 Å². The number of ether oxygens (including phenoxy) is 1. The number of hydrogen-bond donors (Lipinski definition) is 2. The number of nitrogens with one attached hydrogen (secondary N) is 2. The van der Waals surface area contributed by atoms with Crippen LogP contribution in [0.5, 0.6) is 0 Å². The topological polar surface area (TPSA) is 50.4 Å². The van der Waals surface area contributed by atoms with Crippen LogP contribution in [0.4, 0.5) is 19.3 Å². The van der Waals surface area contributed by atoms with Gasteiger partial charge in [0.15, 0.2) is 11.6 Å². The van der Waals surface area contributed by atoms with Gasteiger partial charge in [-0.2, -0.15) is 0 Å². The molecule has 2 rings (SSSR count). The summed E-state index contributed by atoms with van der Waals surface area (Å²) in [5.41, 5.74) is 0.0222. The Morgan fingerprint density at radius 3 is 2.52 bits per heavy atom. The third-order valence-electron chi connectivity index (χ3n) is 3.69. The van der Waals surface area contributed by atoms with Crippen LogP contribution in [0.3, 0.4) is 0 Å². The van der Waals surface area contributed by atoms with E-state index >= 15 is 0 Å². The summed E-state index contributed by atoms with van der Waals surface area (Å²) in [6.45, 7) is 5.46. The number of amides is 1. The Labute approximate surface area is 135 Å². The van der Waals surface area contributed by atoms with Gasteiger partial charge in [0.1, 0.15) is 5.60 Å². The zero-order valence-corrected chi connectivity index (χ0v) is 13.8. The van der Waals surface area contributed by atoms with E-state index in [1.807, 2.05) is 20.8 Å².